The van der Waals surface area contributed by atoms with Gasteiger partial charge in [-0.05, 0) is 25.8 Å². The Balaban J connectivity index is 1.60. The van der Waals surface area contributed by atoms with Gasteiger partial charge in [-0.2, -0.15) is 0 Å². The topological polar surface area (TPSA) is 43.9 Å². The maximum Gasteiger partial charge on any atom is 0.222 e. The summed E-state index contributed by atoms with van der Waals surface area (Å²) in [6, 6.07) is 10.4. The number of piperazine rings is 2. The molecule has 2 aliphatic rings. The van der Waals surface area contributed by atoms with Gasteiger partial charge in [0, 0.05) is 57.6 Å². The molecule has 0 N–H and O–H groups in total. The molecule has 5 heteroatoms. The summed E-state index contributed by atoms with van der Waals surface area (Å²) < 4.78 is 0. The first-order chi connectivity index (χ1) is 11.9. The largest absolute Gasteiger partial charge is 0.340 e. The third-order valence-electron chi connectivity index (χ3n) is 5.54. The molecule has 5 nitrogen and oxygen atoms in total. The van der Waals surface area contributed by atoms with E-state index in [9.17, 15) is 9.59 Å². The quantitative estimate of drug-likeness (QED) is 0.840. The molecule has 2 aliphatic heterocycles. The highest BCUT2D eigenvalue weighted by atomic mass is 16.2. The highest BCUT2D eigenvalue weighted by Crippen LogP contribution is 2.28. The van der Waals surface area contributed by atoms with Crippen LogP contribution in [0.4, 0.5) is 0 Å². The number of rotatable bonds is 3. The number of aryl methyl sites for hydroxylation is 1. The Morgan fingerprint density at radius 1 is 1.08 bits per heavy atom. The standard InChI is InChI=1S/C20H29N3O2/c1-16(24)22-14-18-13-21(11-12-23(18)20(2,3)15-22)19(25)10-9-17-7-5-4-6-8-17/h4-8,18H,9-15H2,1-3H3. The lowest BCUT2D eigenvalue weighted by molar-refractivity contribution is -0.145. The summed E-state index contributed by atoms with van der Waals surface area (Å²) in [4.78, 5) is 30.9. The molecule has 1 atom stereocenters. The van der Waals surface area contributed by atoms with Gasteiger partial charge in [0.2, 0.25) is 11.8 Å². The predicted molar refractivity (Wildman–Crippen MR) is 98.2 cm³/mol. The fraction of sp³-hybridized carbons (Fsp3) is 0.600. The van der Waals surface area contributed by atoms with Crippen LogP contribution in [0.15, 0.2) is 30.3 Å². The van der Waals surface area contributed by atoms with Crippen molar-refractivity contribution in [2.45, 2.75) is 45.2 Å². The van der Waals surface area contributed by atoms with Crippen LogP contribution in [0, 0.1) is 0 Å². The third kappa shape index (κ3) is 4.03. The lowest BCUT2D eigenvalue weighted by atomic mass is 9.92. The van der Waals surface area contributed by atoms with Gasteiger partial charge in [-0.1, -0.05) is 30.3 Å². The molecule has 0 aliphatic carbocycles. The van der Waals surface area contributed by atoms with Crippen LogP contribution in [-0.4, -0.2) is 70.8 Å². The molecule has 25 heavy (non-hydrogen) atoms. The molecule has 2 heterocycles. The minimum Gasteiger partial charge on any atom is -0.340 e. The minimum absolute atomic E-state index is 0.0340. The molecule has 2 saturated heterocycles. The van der Waals surface area contributed by atoms with Crippen molar-refractivity contribution < 1.29 is 9.59 Å². The van der Waals surface area contributed by atoms with E-state index in [1.54, 1.807) is 6.92 Å². The van der Waals surface area contributed by atoms with E-state index in [4.69, 9.17) is 0 Å². The summed E-state index contributed by atoms with van der Waals surface area (Å²) >= 11 is 0. The lowest BCUT2D eigenvalue weighted by Gasteiger charge is -2.55. The molecule has 0 bridgehead atoms. The van der Waals surface area contributed by atoms with E-state index >= 15 is 0 Å². The van der Waals surface area contributed by atoms with Crippen LogP contribution in [0.2, 0.25) is 0 Å². The summed E-state index contributed by atoms with van der Waals surface area (Å²) in [6.07, 6.45) is 1.34. The monoisotopic (exact) mass is 343 g/mol. The number of benzene rings is 1. The average molecular weight is 343 g/mol. The van der Waals surface area contributed by atoms with Gasteiger partial charge >= 0.3 is 0 Å². The van der Waals surface area contributed by atoms with Crippen LogP contribution in [0.5, 0.6) is 0 Å². The summed E-state index contributed by atoms with van der Waals surface area (Å²) in [5.41, 5.74) is 1.17. The molecule has 136 valence electrons. The zero-order valence-electron chi connectivity index (χ0n) is 15.6. The van der Waals surface area contributed by atoms with Gasteiger partial charge in [-0.25, -0.2) is 0 Å². The van der Waals surface area contributed by atoms with E-state index in [1.807, 2.05) is 28.0 Å². The minimum atomic E-state index is -0.0340. The van der Waals surface area contributed by atoms with E-state index in [0.29, 0.717) is 6.42 Å². The first-order valence-corrected chi connectivity index (χ1v) is 9.21. The van der Waals surface area contributed by atoms with Crippen molar-refractivity contribution in [1.82, 2.24) is 14.7 Å². The van der Waals surface area contributed by atoms with E-state index < -0.39 is 0 Å². The van der Waals surface area contributed by atoms with Crippen molar-refractivity contribution in [2.75, 3.05) is 32.7 Å². The van der Waals surface area contributed by atoms with E-state index in [0.717, 1.165) is 39.1 Å². The summed E-state index contributed by atoms with van der Waals surface area (Å²) in [7, 11) is 0. The Bertz CT molecular complexity index is 629. The van der Waals surface area contributed by atoms with Crippen LogP contribution in [0.25, 0.3) is 0 Å². The molecular formula is C20H29N3O2. The molecule has 1 aromatic rings. The van der Waals surface area contributed by atoms with Gasteiger partial charge in [0.05, 0.1) is 0 Å². The summed E-state index contributed by atoms with van der Waals surface area (Å²) in [6.45, 7) is 9.91. The van der Waals surface area contributed by atoms with Crippen molar-refractivity contribution in [3.8, 4) is 0 Å². The smallest absolute Gasteiger partial charge is 0.222 e. The molecule has 1 aromatic carbocycles. The zero-order chi connectivity index (χ0) is 18.0. The molecule has 0 spiro atoms. The fourth-order valence-corrected chi connectivity index (χ4v) is 4.21. The van der Waals surface area contributed by atoms with Crippen LogP contribution in [0.1, 0.15) is 32.8 Å². The number of hydrogen-bond donors (Lipinski definition) is 0. The van der Waals surface area contributed by atoms with Crippen LogP contribution >= 0.6 is 0 Å². The summed E-state index contributed by atoms with van der Waals surface area (Å²) in [5.74, 6) is 0.349. The van der Waals surface area contributed by atoms with Crippen LogP contribution < -0.4 is 0 Å². The van der Waals surface area contributed by atoms with Crippen LogP contribution in [0.3, 0.4) is 0 Å². The molecule has 3 rings (SSSR count). The van der Waals surface area contributed by atoms with Crippen LogP contribution in [-0.2, 0) is 16.0 Å². The van der Waals surface area contributed by atoms with Gasteiger partial charge in [-0.15, -0.1) is 0 Å². The Labute approximate surface area is 150 Å². The zero-order valence-corrected chi connectivity index (χ0v) is 15.6. The van der Waals surface area contributed by atoms with Crippen molar-refractivity contribution in [1.29, 1.82) is 0 Å². The average Bonchev–Trinajstić information content (AvgIpc) is 2.59. The van der Waals surface area contributed by atoms with Gasteiger partial charge < -0.3 is 9.80 Å². The number of carbonyl (C=O) groups is 2. The molecule has 0 radical (unpaired) electrons. The number of carbonyl (C=O) groups excluding carboxylic acids is 2. The molecular weight excluding hydrogens is 314 g/mol. The van der Waals surface area contributed by atoms with Gasteiger partial charge in [0.15, 0.2) is 0 Å². The number of nitrogens with zero attached hydrogens (tertiary/aromatic N) is 3. The van der Waals surface area contributed by atoms with Crippen molar-refractivity contribution >= 4 is 11.8 Å². The predicted octanol–water partition coefficient (Wildman–Crippen LogP) is 1.77. The Morgan fingerprint density at radius 3 is 2.44 bits per heavy atom. The van der Waals surface area contributed by atoms with E-state index in [2.05, 4.69) is 30.9 Å². The van der Waals surface area contributed by atoms with Crippen molar-refractivity contribution in [3.63, 3.8) is 0 Å². The normalized spacial score (nSPS) is 23.2. The van der Waals surface area contributed by atoms with Crippen molar-refractivity contribution in [3.05, 3.63) is 35.9 Å². The maximum absolute atomic E-state index is 12.6. The SMILES string of the molecule is CC(=O)N1CC2CN(C(=O)CCc3ccccc3)CCN2C(C)(C)C1. The van der Waals surface area contributed by atoms with Gasteiger partial charge in [-0.3, -0.25) is 14.5 Å². The second-order valence-corrected chi connectivity index (χ2v) is 7.88. The van der Waals surface area contributed by atoms with Gasteiger partial charge in [0.25, 0.3) is 0 Å². The number of hydrogen-bond acceptors (Lipinski definition) is 3. The second-order valence-electron chi connectivity index (χ2n) is 7.88. The lowest BCUT2D eigenvalue weighted by Crippen LogP contribution is -2.70. The number of fused-ring (bicyclic) bond motifs is 1. The first kappa shape index (κ1) is 17.9. The van der Waals surface area contributed by atoms with Crippen molar-refractivity contribution in [2.24, 2.45) is 0 Å². The second kappa shape index (κ2) is 7.16. The molecule has 0 saturated carbocycles. The van der Waals surface area contributed by atoms with Gasteiger partial charge in [0.1, 0.15) is 0 Å². The molecule has 2 fully saturated rings. The summed E-state index contributed by atoms with van der Waals surface area (Å²) in [5, 5.41) is 0. The molecule has 1 unspecified atom stereocenters. The highest BCUT2D eigenvalue weighted by molar-refractivity contribution is 5.77. The number of amides is 2. The fourth-order valence-electron chi connectivity index (χ4n) is 4.21. The third-order valence-corrected chi connectivity index (χ3v) is 5.54. The Hall–Kier alpha value is -1.88. The first-order valence-electron chi connectivity index (χ1n) is 9.21. The van der Waals surface area contributed by atoms with E-state index in [-0.39, 0.29) is 23.4 Å². The maximum atomic E-state index is 12.6. The Morgan fingerprint density at radius 2 is 1.76 bits per heavy atom. The van der Waals surface area contributed by atoms with E-state index in [1.165, 1.54) is 5.56 Å². The molecule has 0 aromatic heterocycles. The molecule has 2 amide bonds. The highest BCUT2D eigenvalue weighted by Gasteiger charge is 2.43. The Kier molecular flexibility index (Phi) is 5.13.